The minimum absolute atomic E-state index is 0.179. The lowest BCUT2D eigenvalue weighted by Crippen LogP contribution is -2.46. The maximum absolute atomic E-state index is 13.8. The lowest BCUT2D eigenvalue weighted by atomic mass is 9.89. The molecule has 0 radical (unpaired) electrons. The molecule has 6 heterocycles. The zero-order valence-corrected chi connectivity index (χ0v) is 26.4. The number of anilines is 1. The number of ether oxygens (including phenoxy) is 1. The van der Waals surface area contributed by atoms with Crippen LogP contribution in [-0.2, 0) is 14.3 Å². The molecule has 0 saturated carbocycles. The molecule has 3 atom stereocenters. The van der Waals surface area contributed by atoms with Gasteiger partial charge in [0.2, 0.25) is 0 Å². The van der Waals surface area contributed by atoms with E-state index in [0.29, 0.717) is 30.7 Å². The number of rotatable bonds is 5. The smallest absolute Gasteiger partial charge is 0.314 e. The van der Waals surface area contributed by atoms with E-state index < -0.39 is 11.8 Å². The van der Waals surface area contributed by atoms with Crippen LogP contribution in [0.5, 0.6) is 0 Å². The summed E-state index contributed by atoms with van der Waals surface area (Å²) in [6.45, 7) is 8.94. The van der Waals surface area contributed by atoms with Gasteiger partial charge in [-0.25, -0.2) is 9.67 Å². The minimum Gasteiger partial charge on any atom is -0.356 e. The van der Waals surface area contributed by atoms with Gasteiger partial charge in [-0.15, -0.1) is 11.3 Å². The Hall–Kier alpha value is -3.41. The predicted molar refractivity (Wildman–Crippen MR) is 172 cm³/mol. The first-order valence-electron chi connectivity index (χ1n) is 16.2. The van der Waals surface area contributed by atoms with Crippen LogP contribution in [0.2, 0.25) is 0 Å². The number of amides is 2. The number of aromatic nitrogens is 4. The van der Waals surface area contributed by atoms with E-state index in [9.17, 15) is 9.59 Å². The van der Waals surface area contributed by atoms with Crippen molar-refractivity contribution in [1.82, 2.24) is 29.5 Å². The molecule has 44 heavy (non-hydrogen) atoms. The van der Waals surface area contributed by atoms with Crippen molar-refractivity contribution >= 4 is 50.0 Å². The third-order valence-electron chi connectivity index (χ3n) is 9.64. The van der Waals surface area contributed by atoms with Gasteiger partial charge in [0, 0.05) is 30.7 Å². The lowest BCUT2D eigenvalue weighted by molar-refractivity contribution is -0.146. The molecule has 232 valence electrons. The van der Waals surface area contributed by atoms with Gasteiger partial charge in [0.15, 0.2) is 6.23 Å². The van der Waals surface area contributed by atoms with E-state index >= 15 is 0 Å². The first kappa shape index (κ1) is 29.3. The van der Waals surface area contributed by atoms with Gasteiger partial charge in [-0.2, -0.15) is 5.10 Å². The first-order chi connectivity index (χ1) is 21.5. The summed E-state index contributed by atoms with van der Waals surface area (Å²) in [7, 11) is 0. The Morgan fingerprint density at radius 2 is 1.93 bits per heavy atom. The van der Waals surface area contributed by atoms with E-state index in [2.05, 4.69) is 52.3 Å². The molecule has 11 heteroatoms. The van der Waals surface area contributed by atoms with Gasteiger partial charge in [0.1, 0.15) is 0 Å². The normalized spacial score (nSPS) is 23.8. The average molecular weight is 616 g/mol. The molecule has 2 amide bonds. The van der Waals surface area contributed by atoms with Crippen LogP contribution in [-0.4, -0.2) is 74.1 Å². The molecule has 0 bridgehead atoms. The van der Waals surface area contributed by atoms with Crippen molar-refractivity contribution in [3.63, 3.8) is 0 Å². The van der Waals surface area contributed by atoms with Crippen LogP contribution in [0.15, 0.2) is 36.8 Å². The lowest BCUT2D eigenvalue weighted by Gasteiger charge is -2.38. The van der Waals surface area contributed by atoms with E-state index in [4.69, 9.17) is 9.72 Å². The van der Waals surface area contributed by atoms with Crippen molar-refractivity contribution in [3.8, 4) is 0 Å². The van der Waals surface area contributed by atoms with Crippen molar-refractivity contribution in [2.45, 2.75) is 77.0 Å². The Labute approximate surface area is 261 Å². The summed E-state index contributed by atoms with van der Waals surface area (Å²) in [5, 5.41) is 9.45. The number of likely N-dealkylation sites (tertiary alicyclic amines) is 2. The SMILES string of the molecule is CCN1CCC(c2nc3cc([C@H]4CC[C@H](C)CN4C(=O)C(=O)Nc4cncc5cnn(C6CCCCO6)c45)ccc3s2)CC1. The second kappa shape index (κ2) is 12.5. The zero-order valence-electron chi connectivity index (χ0n) is 25.6. The number of hydrogen-bond acceptors (Lipinski definition) is 8. The van der Waals surface area contributed by atoms with Crippen molar-refractivity contribution in [3.05, 3.63) is 47.4 Å². The summed E-state index contributed by atoms with van der Waals surface area (Å²) in [4.78, 5) is 41.1. The number of hydrogen-bond donors (Lipinski definition) is 1. The van der Waals surface area contributed by atoms with Crippen molar-refractivity contribution < 1.29 is 14.3 Å². The fourth-order valence-corrected chi connectivity index (χ4v) is 8.22. The molecule has 3 saturated heterocycles. The van der Waals surface area contributed by atoms with Crippen LogP contribution in [0.3, 0.4) is 0 Å². The average Bonchev–Trinajstić information content (AvgIpc) is 3.70. The Kier molecular flexibility index (Phi) is 8.35. The van der Waals surface area contributed by atoms with Crippen LogP contribution in [0, 0.1) is 5.92 Å². The molecule has 10 nitrogen and oxygen atoms in total. The minimum atomic E-state index is -0.661. The third kappa shape index (κ3) is 5.73. The molecule has 1 N–H and O–H groups in total. The number of pyridine rings is 1. The van der Waals surface area contributed by atoms with Gasteiger partial charge in [-0.3, -0.25) is 14.6 Å². The second-order valence-corrected chi connectivity index (χ2v) is 13.7. The molecule has 4 aromatic rings. The number of piperidine rings is 2. The monoisotopic (exact) mass is 615 g/mol. The second-order valence-electron chi connectivity index (χ2n) is 12.6. The van der Waals surface area contributed by atoms with Gasteiger partial charge in [-0.05, 0) is 88.2 Å². The Bertz CT molecular complexity index is 1650. The Balaban J connectivity index is 1.11. The van der Waals surface area contributed by atoms with Gasteiger partial charge in [0.25, 0.3) is 0 Å². The number of fused-ring (bicyclic) bond motifs is 2. The maximum atomic E-state index is 13.8. The molecule has 3 aromatic heterocycles. The van der Waals surface area contributed by atoms with E-state index in [1.165, 1.54) is 9.71 Å². The molecular weight excluding hydrogens is 574 g/mol. The number of carbonyl (C=O) groups is 2. The molecule has 1 unspecified atom stereocenters. The highest BCUT2D eigenvalue weighted by Crippen LogP contribution is 2.38. The standard InChI is InChI=1S/C33H41N7O3S/c1-3-38-13-11-22(12-14-38)32-37-25-16-23(8-10-28(25)44-32)27-9-7-21(2)20-39(27)33(42)31(41)36-26-19-34-17-24-18-35-40(30(24)26)29-6-4-5-15-43-29/h8,10,16-19,21-22,27,29H,3-7,9,11-15,20H2,1-2H3,(H,36,41)/t21-,27+,29?/m0/s1. The predicted octanol–water partition coefficient (Wildman–Crippen LogP) is 5.88. The maximum Gasteiger partial charge on any atom is 0.314 e. The third-order valence-corrected chi connectivity index (χ3v) is 10.8. The number of carbonyl (C=O) groups excluding carboxylic acids is 2. The van der Waals surface area contributed by atoms with Gasteiger partial charge in [-0.1, -0.05) is 19.9 Å². The fraction of sp³-hybridized carbons (Fsp3) is 0.545. The van der Waals surface area contributed by atoms with Gasteiger partial charge < -0.3 is 19.9 Å². The molecule has 3 aliphatic rings. The van der Waals surface area contributed by atoms with Crippen LogP contribution >= 0.6 is 11.3 Å². The van der Waals surface area contributed by atoms with E-state index in [1.807, 2.05) is 4.68 Å². The van der Waals surface area contributed by atoms with E-state index in [-0.39, 0.29) is 12.3 Å². The number of nitrogens with zero attached hydrogens (tertiary/aromatic N) is 6. The molecule has 0 spiro atoms. The highest BCUT2D eigenvalue weighted by atomic mass is 32.1. The molecule has 3 fully saturated rings. The molecular formula is C33H41N7O3S. The number of nitrogens with one attached hydrogen (secondary N) is 1. The summed E-state index contributed by atoms with van der Waals surface area (Å²) in [6.07, 6.45) is 11.9. The molecule has 1 aromatic carbocycles. The highest BCUT2D eigenvalue weighted by Gasteiger charge is 2.35. The summed E-state index contributed by atoms with van der Waals surface area (Å²) in [5.74, 6) is -0.371. The summed E-state index contributed by atoms with van der Waals surface area (Å²) < 4.78 is 8.96. The Morgan fingerprint density at radius 3 is 2.73 bits per heavy atom. The Morgan fingerprint density at radius 1 is 1.07 bits per heavy atom. The van der Waals surface area contributed by atoms with Crippen LogP contribution in [0.1, 0.15) is 87.6 Å². The molecule has 7 rings (SSSR count). The highest BCUT2D eigenvalue weighted by molar-refractivity contribution is 7.18. The molecule has 0 aliphatic carbocycles. The van der Waals surface area contributed by atoms with Crippen LogP contribution in [0.4, 0.5) is 5.69 Å². The summed E-state index contributed by atoms with van der Waals surface area (Å²) in [5.41, 5.74) is 3.23. The fourth-order valence-electron chi connectivity index (χ4n) is 7.10. The number of thiazole rings is 1. The first-order valence-corrected chi connectivity index (χ1v) is 17.0. The van der Waals surface area contributed by atoms with Crippen molar-refractivity contribution in [2.75, 3.05) is 38.1 Å². The van der Waals surface area contributed by atoms with E-state index in [0.717, 1.165) is 86.6 Å². The topological polar surface area (TPSA) is 105 Å². The van der Waals surface area contributed by atoms with Gasteiger partial charge >= 0.3 is 11.8 Å². The number of benzene rings is 1. The van der Waals surface area contributed by atoms with Crippen LogP contribution in [0.25, 0.3) is 21.1 Å². The van der Waals surface area contributed by atoms with E-state index in [1.54, 1.807) is 34.8 Å². The largest absolute Gasteiger partial charge is 0.356 e. The quantitative estimate of drug-likeness (QED) is 0.280. The van der Waals surface area contributed by atoms with Crippen molar-refractivity contribution in [2.24, 2.45) is 5.92 Å². The zero-order chi connectivity index (χ0) is 30.2. The van der Waals surface area contributed by atoms with Crippen molar-refractivity contribution in [1.29, 1.82) is 0 Å². The summed E-state index contributed by atoms with van der Waals surface area (Å²) >= 11 is 1.80. The summed E-state index contributed by atoms with van der Waals surface area (Å²) in [6, 6.07) is 6.23. The van der Waals surface area contributed by atoms with Crippen LogP contribution < -0.4 is 5.32 Å². The molecule has 3 aliphatic heterocycles. The van der Waals surface area contributed by atoms with Gasteiger partial charge in [0.05, 0.1) is 44.9 Å².